The molecule has 1 atom stereocenters. The summed E-state index contributed by atoms with van der Waals surface area (Å²) < 4.78 is 63.9. The van der Waals surface area contributed by atoms with Gasteiger partial charge < -0.3 is 10.3 Å². The number of thioether (sulfide) groups is 1. The normalized spacial score (nSPS) is 19.3. The fraction of sp³-hybridized carbons (Fsp3) is 0.357. The highest BCUT2D eigenvalue weighted by Gasteiger charge is 2.36. The van der Waals surface area contributed by atoms with Gasteiger partial charge in [0.2, 0.25) is 5.43 Å². The lowest BCUT2D eigenvalue weighted by Crippen LogP contribution is -2.38. The Balaban J connectivity index is 2.23. The summed E-state index contributed by atoms with van der Waals surface area (Å²) in [7, 11) is -4.01. The van der Waals surface area contributed by atoms with Gasteiger partial charge in [-0.15, -0.1) is 11.8 Å². The van der Waals surface area contributed by atoms with E-state index in [0.29, 0.717) is 18.4 Å². The predicted molar refractivity (Wildman–Crippen MR) is 90.9 cm³/mol. The van der Waals surface area contributed by atoms with Crippen LogP contribution in [0.5, 0.6) is 0 Å². The maximum atomic E-state index is 13.1. The highest BCUT2D eigenvalue weighted by atomic mass is 35.5. The Morgan fingerprint density at radius 1 is 1.28 bits per heavy atom. The zero-order valence-electron chi connectivity index (χ0n) is 12.5. The quantitative estimate of drug-likeness (QED) is 0.792. The van der Waals surface area contributed by atoms with Crippen molar-refractivity contribution in [2.45, 2.75) is 15.7 Å². The number of rotatable bonds is 2. The Bertz CT molecular complexity index is 983. The molecule has 1 aliphatic heterocycles. The smallest absolute Gasteiger partial charge is 0.359 e. The van der Waals surface area contributed by atoms with Crippen molar-refractivity contribution in [2.24, 2.45) is 0 Å². The fourth-order valence-corrected chi connectivity index (χ4v) is 6.10. The van der Waals surface area contributed by atoms with Gasteiger partial charge >= 0.3 is 6.18 Å². The predicted octanol–water partition coefficient (Wildman–Crippen LogP) is 2.64. The van der Waals surface area contributed by atoms with Gasteiger partial charge in [0.25, 0.3) is 0 Å². The maximum absolute atomic E-state index is 13.1. The van der Waals surface area contributed by atoms with Crippen LogP contribution in [-0.2, 0) is 16.0 Å². The molecule has 0 amide bonds. The van der Waals surface area contributed by atoms with Crippen LogP contribution in [0.2, 0.25) is 5.02 Å². The van der Waals surface area contributed by atoms with E-state index in [-0.39, 0.29) is 11.6 Å². The van der Waals surface area contributed by atoms with Crippen LogP contribution in [0.4, 0.5) is 13.2 Å². The Labute approximate surface area is 149 Å². The van der Waals surface area contributed by atoms with Gasteiger partial charge in [0, 0.05) is 35.4 Å². The molecule has 25 heavy (non-hydrogen) atoms. The van der Waals surface area contributed by atoms with Gasteiger partial charge in [-0.3, -0.25) is 4.79 Å². The average molecular weight is 413 g/mol. The minimum atomic E-state index is -4.74. The van der Waals surface area contributed by atoms with Gasteiger partial charge in [-0.2, -0.15) is 13.2 Å². The molecule has 2 heterocycles. The van der Waals surface area contributed by atoms with Crippen molar-refractivity contribution in [3.05, 3.63) is 39.1 Å². The second-order valence-electron chi connectivity index (χ2n) is 5.41. The van der Waals surface area contributed by atoms with Gasteiger partial charge in [0.05, 0.1) is 11.1 Å². The molecular weight excluding hydrogens is 401 g/mol. The molecule has 1 aromatic carbocycles. The average Bonchev–Trinajstić information content (AvgIpc) is 2.55. The van der Waals surface area contributed by atoms with Crippen molar-refractivity contribution >= 4 is 44.1 Å². The third-order valence-electron chi connectivity index (χ3n) is 3.77. The van der Waals surface area contributed by atoms with E-state index in [1.54, 1.807) is 0 Å². The number of halogens is 4. The van der Waals surface area contributed by atoms with E-state index in [4.69, 9.17) is 11.6 Å². The highest BCUT2D eigenvalue weighted by Crippen LogP contribution is 2.35. The highest BCUT2D eigenvalue weighted by molar-refractivity contribution is 8.13. The van der Waals surface area contributed by atoms with Crippen LogP contribution in [0, 0.1) is 0 Å². The number of nitrogens with one attached hydrogen (secondary N) is 2. The standard InChI is InChI=1S/C14H12ClF3N2O3S2/c15-7-3-8-12(9(4-7)14(16,17)18)20-5-10(13(8)21)25(22,23)11-6-19-1-2-24-11/h3-5,11,19H,1-2,6H2,(H,20,21). The van der Waals surface area contributed by atoms with Gasteiger partial charge in [0.15, 0.2) is 9.84 Å². The topological polar surface area (TPSA) is 79.0 Å². The first-order chi connectivity index (χ1) is 11.6. The molecule has 0 bridgehead atoms. The molecule has 2 N–H and O–H groups in total. The molecule has 136 valence electrons. The van der Waals surface area contributed by atoms with Crippen molar-refractivity contribution in [3.8, 4) is 0 Å². The molecule has 1 unspecified atom stereocenters. The number of H-pyrrole nitrogens is 1. The lowest BCUT2D eigenvalue weighted by Gasteiger charge is -2.22. The molecule has 3 rings (SSSR count). The summed E-state index contributed by atoms with van der Waals surface area (Å²) >= 11 is 6.88. The zero-order valence-corrected chi connectivity index (χ0v) is 14.9. The molecule has 1 saturated heterocycles. The fourth-order valence-electron chi connectivity index (χ4n) is 2.59. The minimum absolute atomic E-state index is 0.161. The summed E-state index contributed by atoms with van der Waals surface area (Å²) in [5.41, 5.74) is -2.60. The van der Waals surface area contributed by atoms with Crippen LogP contribution < -0.4 is 10.7 Å². The Kier molecular flexibility index (Phi) is 4.82. The Morgan fingerprint density at radius 3 is 2.60 bits per heavy atom. The van der Waals surface area contributed by atoms with Gasteiger partial charge in [-0.25, -0.2) is 8.42 Å². The molecule has 0 spiro atoms. The number of hydrogen-bond donors (Lipinski definition) is 2. The third kappa shape index (κ3) is 3.40. The third-order valence-corrected chi connectivity index (χ3v) is 7.91. The number of aromatic amines is 1. The van der Waals surface area contributed by atoms with Crippen LogP contribution in [0.25, 0.3) is 10.9 Å². The van der Waals surface area contributed by atoms with Gasteiger partial charge in [-0.05, 0) is 12.1 Å². The number of hydrogen-bond acceptors (Lipinski definition) is 5. The number of pyridine rings is 1. The van der Waals surface area contributed by atoms with E-state index < -0.39 is 47.4 Å². The van der Waals surface area contributed by atoms with Crippen molar-refractivity contribution in [1.82, 2.24) is 10.3 Å². The minimum Gasteiger partial charge on any atom is -0.359 e. The Morgan fingerprint density at radius 2 is 2.00 bits per heavy atom. The number of aromatic nitrogens is 1. The molecule has 0 radical (unpaired) electrons. The second kappa shape index (κ2) is 6.49. The monoisotopic (exact) mass is 412 g/mol. The largest absolute Gasteiger partial charge is 0.418 e. The first kappa shape index (κ1) is 18.6. The number of fused-ring (bicyclic) bond motifs is 1. The van der Waals surface area contributed by atoms with Crippen LogP contribution >= 0.6 is 23.4 Å². The van der Waals surface area contributed by atoms with E-state index in [0.717, 1.165) is 12.3 Å². The number of benzene rings is 1. The van der Waals surface area contributed by atoms with Crippen molar-refractivity contribution in [3.63, 3.8) is 0 Å². The molecule has 11 heteroatoms. The van der Waals surface area contributed by atoms with Crippen LogP contribution in [0.1, 0.15) is 5.56 Å². The van der Waals surface area contributed by atoms with Crippen LogP contribution in [0.3, 0.4) is 0 Å². The molecule has 2 aromatic rings. The first-order valence-corrected chi connectivity index (χ1v) is 10.1. The molecule has 0 aliphatic carbocycles. The van der Waals surface area contributed by atoms with E-state index in [1.807, 2.05) is 0 Å². The molecule has 0 saturated carbocycles. The van der Waals surface area contributed by atoms with Crippen molar-refractivity contribution in [2.75, 3.05) is 18.8 Å². The van der Waals surface area contributed by atoms with E-state index >= 15 is 0 Å². The van der Waals surface area contributed by atoms with Gasteiger partial charge in [0.1, 0.15) is 9.48 Å². The van der Waals surface area contributed by atoms with Crippen molar-refractivity contribution < 1.29 is 21.6 Å². The SMILES string of the molecule is O=c1c(S(=O)(=O)C2CNCCS2)c[nH]c2c(C(F)(F)F)cc(Cl)cc12. The maximum Gasteiger partial charge on any atom is 0.418 e. The second-order valence-corrected chi connectivity index (χ2v) is 9.55. The summed E-state index contributed by atoms with van der Waals surface area (Å²) in [5.74, 6) is 0.555. The molecule has 1 aliphatic rings. The summed E-state index contributed by atoms with van der Waals surface area (Å²) in [6, 6.07) is 1.73. The van der Waals surface area contributed by atoms with E-state index in [2.05, 4.69) is 10.3 Å². The zero-order chi connectivity index (χ0) is 18.4. The molecule has 1 aromatic heterocycles. The lowest BCUT2D eigenvalue weighted by molar-refractivity contribution is -0.136. The molecule has 1 fully saturated rings. The summed E-state index contributed by atoms with van der Waals surface area (Å²) in [4.78, 5) is 14.4. The van der Waals surface area contributed by atoms with E-state index in [9.17, 15) is 26.4 Å². The summed E-state index contributed by atoms with van der Waals surface area (Å²) in [6.07, 6.45) is -3.91. The Hall–Kier alpha value is -1.23. The summed E-state index contributed by atoms with van der Waals surface area (Å²) in [5, 5.41) is 2.22. The first-order valence-electron chi connectivity index (χ1n) is 7.10. The molecule has 5 nitrogen and oxygen atoms in total. The number of alkyl halides is 3. The van der Waals surface area contributed by atoms with E-state index in [1.165, 1.54) is 11.8 Å². The van der Waals surface area contributed by atoms with Crippen molar-refractivity contribution in [1.29, 1.82) is 0 Å². The van der Waals surface area contributed by atoms with Gasteiger partial charge in [-0.1, -0.05) is 11.6 Å². The van der Waals surface area contributed by atoms with Crippen LogP contribution in [-0.4, -0.2) is 36.8 Å². The van der Waals surface area contributed by atoms with Crippen LogP contribution in [0.15, 0.2) is 28.0 Å². The molecular formula is C14H12ClF3N2O3S2. The lowest BCUT2D eigenvalue weighted by atomic mass is 10.1. The summed E-state index contributed by atoms with van der Waals surface area (Å²) in [6.45, 7) is 0.809. The number of sulfone groups is 1.